The Morgan fingerprint density at radius 1 is 1.03 bits per heavy atom. The first kappa shape index (κ1) is 24.8. The van der Waals surface area contributed by atoms with Crippen LogP contribution in [0.2, 0.25) is 5.02 Å². The van der Waals surface area contributed by atoms with E-state index in [-0.39, 0.29) is 41.3 Å². The second-order valence-corrected chi connectivity index (χ2v) is 10.8. The molecule has 0 saturated carbocycles. The number of hydrogen-bond donors (Lipinski definition) is 0. The monoisotopic (exact) mass is 507 g/mol. The number of morpholine rings is 1. The Morgan fingerprint density at radius 2 is 1.74 bits per heavy atom. The van der Waals surface area contributed by atoms with Crippen molar-refractivity contribution in [3.63, 3.8) is 0 Å². The van der Waals surface area contributed by atoms with Gasteiger partial charge in [-0.1, -0.05) is 23.7 Å². The number of carbonyl (C=O) groups excluding carboxylic acids is 1. The quantitative estimate of drug-likeness (QED) is 0.598. The van der Waals surface area contributed by atoms with E-state index in [0.29, 0.717) is 26.3 Å². The number of halogens is 1. The molecule has 4 rings (SSSR count). The van der Waals surface area contributed by atoms with Gasteiger partial charge in [-0.15, -0.1) is 0 Å². The van der Waals surface area contributed by atoms with Gasteiger partial charge in [0.25, 0.3) is 5.91 Å². The minimum Gasteiger partial charge on any atom is -0.482 e. The van der Waals surface area contributed by atoms with Crippen molar-refractivity contribution in [2.75, 3.05) is 64.0 Å². The Balaban J connectivity index is 1.39. The van der Waals surface area contributed by atoms with Crippen molar-refractivity contribution < 1.29 is 22.7 Å². The van der Waals surface area contributed by atoms with Crippen LogP contribution in [0, 0.1) is 13.8 Å². The standard InChI is InChI=1S/C24H30ClN3O5S/c1-18-4-3-5-21(19(18)2)26-8-10-27(11-9-26)24(29)17-33-22-7-6-20(25)16-23(22)34(30,31)28-12-14-32-15-13-28/h3-7,16H,8-15,17H2,1-2H3. The summed E-state index contributed by atoms with van der Waals surface area (Å²) >= 11 is 6.09. The zero-order valence-electron chi connectivity index (χ0n) is 19.5. The molecule has 10 heteroatoms. The lowest BCUT2D eigenvalue weighted by Gasteiger charge is -2.37. The van der Waals surface area contributed by atoms with E-state index in [0.717, 1.165) is 13.1 Å². The van der Waals surface area contributed by atoms with Crippen LogP contribution in [0.25, 0.3) is 0 Å². The zero-order valence-corrected chi connectivity index (χ0v) is 21.1. The molecule has 0 aliphatic carbocycles. The van der Waals surface area contributed by atoms with E-state index >= 15 is 0 Å². The summed E-state index contributed by atoms with van der Waals surface area (Å²) in [6.07, 6.45) is 0. The predicted molar refractivity (Wildman–Crippen MR) is 131 cm³/mol. The van der Waals surface area contributed by atoms with Gasteiger partial charge in [0.15, 0.2) is 6.61 Å². The van der Waals surface area contributed by atoms with E-state index < -0.39 is 10.0 Å². The van der Waals surface area contributed by atoms with Crippen LogP contribution in [0.3, 0.4) is 0 Å². The second kappa shape index (κ2) is 10.5. The first-order chi connectivity index (χ1) is 16.3. The molecule has 2 aromatic carbocycles. The molecule has 2 heterocycles. The Hall–Kier alpha value is -2.33. The van der Waals surface area contributed by atoms with E-state index in [1.165, 1.54) is 33.3 Å². The van der Waals surface area contributed by atoms with Crippen molar-refractivity contribution in [1.82, 2.24) is 9.21 Å². The molecular formula is C24H30ClN3O5S. The van der Waals surface area contributed by atoms with Crippen LogP contribution >= 0.6 is 11.6 Å². The van der Waals surface area contributed by atoms with Crippen LogP contribution in [0.1, 0.15) is 11.1 Å². The van der Waals surface area contributed by atoms with Gasteiger partial charge in [-0.25, -0.2) is 8.42 Å². The van der Waals surface area contributed by atoms with Gasteiger partial charge in [0.1, 0.15) is 10.6 Å². The highest BCUT2D eigenvalue weighted by Crippen LogP contribution is 2.30. The SMILES string of the molecule is Cc1cccc(N2CCN(C(=O)COc3ccc(Cl)cc3S(=O)(=O)N3CCOCC3)CC2)c1C. The summed E-state index contributed by atoms with van der Waals surface area (Å²) in [5, 5.41) is 0.285. The Kier molecular flexibility index (Phi) is 7.67. The lowest BCUT2D eigenvalue weighted by atomic mass is 10.1. The number of ether oxygens (including phenoxy) is 2. The third kappa shape index (κ3) is 5.33. The summed E-state index contributed by atoms with van der Waals surface area (Å²) in [5.74, 6) is -0.0523. The average molecular weight is 508 g/mol. The summed E-state index contributed by atoms with van der Waals surface area (Å²) in [4.78, 5) is 16.9. The van der Waals surface area contributed by atoms with Gasteiger partial charge in [-0.2, -0.15) is 4.31 Å². The van der Waals surface area contributed by atoms with Crippen molar-refractivity contribution in [3.8, 4) is 5.75 Å². The van der Waals surface area contributed by atoms with Gasteiger partial charge >= 0.3 is 0 Å². The summed E-state index contributed by atoms with van der Waals surface area (Å²) in [6, 6.07) is 10.7. The number of benzene rings is 2. The number of piperazine rings is 1. The van der Waals surface area contributed by atoms with Gasteiger partial charge in [0.2, 0.25) is 10.0 Å². The Labute approximate surface area is 206 Å². The number of hydrogen-bond acceptors (Lipinski definition) is 6. The molecule has 2 fully saturated rings. The molecule has 2 saturated heterocycles. The van der Waals surface area contributed by atoms with Gasteiger partial charge in [-0.3, -0.25) is 4.79 Å². The van der Waals surface area contributed by atoms with Crippen LogP contribution in [0.15, 0.2) is 41.3 Å². The highest BCUT2D eigenvalue weighted by Gasteiger charge is 2.30. The maximum absolute atomic E-state index is 13.2. The van der Waals surface area contributed by atoms with Crippen LogP contribution < -0.4 is 9.64 Å². The number of carbonyl (C=O) groups is 1. The molecule has 0 N–H and O–H groups in total. The highest BCUT2D eigenvalue weighted by molar-refractivity contribution is 7.89. The summed E-state index contributed by atoms with van der Waals surface area (Å²) in [7, 11) is -3.82. The molecule has 0 bridgehead atoms. The number of rotatable bonds is 6. The maximum atomic E-state index is 13.2. The lowest BCUT2D eigenvalue weighted by Crippen LogP contribution is -2.50. The third-order valence-corrected chi connectivity index (χ3v) is 8.55. The summed E-state index contributed by atoms with van der Waals surface area (Å²) in [6.45, 7) is 7.79. The van der Waals surface area contributed by atoms with E-state index in [9.17, 15) is 13.2 Å². The van der Waals surface area contributed by atoms with Crippen molar-refractivity contribution in [2.24, 2.45) is 0 Å². The molecule has 0 aromatic heterocycles. The molecule has 0 spiro atoms. The maximum Gasteiger partial charge on any atom is 0.260 e. The van der Waals surface area contributed by atoms with Crippen LogP contribution in [0.5, 0.6) is 5.75 Å². The van der Waals surface area contributed by atoms with Crippen LogP contribution in [-0.2, 0) is 19.6 Å². The topological polar surface area (TPSA) is 79.4 Å². The minimum atomic E-state index is -3.82. The van der Waals surface area contributed by atoms with Gasteiger partial charge in [0.05, 0.1) is 13.2 Å². The smallest absolute Gasteiger partial charge is 0.260 e. The number of aryl methyl sites for hydroxylation is 1. The number of anilines is 1. The molecule has 2 aromatic rings. The highest BCUT2D eigenvalue weighted by atomic mass is 35.5. The Bertz CT molecular complexity index is 1140. The van der Waals surface area contributed by atoms with Crippen molar-refractivity contribution >= 4 is 33.2 Å². The second-order valence-electron chi connectivity index (χ2n) is 8.48. The van der Waals surface area contributed by atoms with Crippen LogP contribution in [0.4, 0.5) is 5.69 Å². The molecule has 2 aliphatic heterocycles. The van der Waals surface area contributed by atoms with Crippen molar-refractivity contribution in [1.29, 1.82) is 0 Å². The number of sulfonamides is 1. The van der Waals surface area contributed by atoms with E-state index in [1.54, 1.807) is 11.0 Å². The fourth-order valence-electron chi connectivity index (χ4n) is 4.23. The largest absolute Gasteiger partial charge is 0.482 e. The minimum absolute atomic E-state index is 0.0329. The number of nitrogens with zero attached hydrogens (tertiary/aromatic N) is 3. The number of amides is 1. The lowest BCUT2D eigenvalue weighted by molar-refractivity contribution is -0.133. The average Bonchev–Trinajstić information content (AvgIpc) is 2.85. The van der Waals surface area contributed by atoms with E-state index in [2.05, 4.69) is 36.9 Å². The van der Waals surface area contributed by atoms with E-state index in [4.69, 9.17) is 21.1 Å². The first-order valence-electron chi connectivity index (χ1n) is 11.4. The molecule has 34 heavy (non-hydrogen) atoms. The molecule has 0 atom stereocenters. The fourth-order valence-corrected chi connectivity index (χ4v) is 6.04. The molecule has 8 nitrogen and oxygen atoms in total. The van der Waals surface area contributed by atoms with E-state index in [1.807, 2.05) is 0 Å². The predicted octanol–water partition coefficient (Wildman–Crippen LogP) is 2.71. The van der Waals surface area contributed by atoms with Crippen LogP contribution in [-0.4, -0.2) is 82.6 Å². The van der Waals surface area contributed by atoms with Crippen molar-refractivity contribution in [3.05, 3.63) is 52.5 Å². The molecule has 184 valence electrons. The molecule has 1 amide bonds. The fraction of sp³-hybridized carbons (Fsp3) is 0.458. The van der Waals surface area contributed by atoms with Crippen molar-refractivity contribution in [2.45, 2.75) is 18.7 Å². The Morgan fingerprint density at radius 3 is 2.44 bits per heavy atom. The zero-order chi connectivity index (χ0) is 24.3. The third-order valence-electron chi connectivity index (χ3n) is 6.39. The summed E-state index contributed by atoms with van der Waals surface area (Å²) < 4.78 is 38.7. The molecule has 0 radical (unpaired) electrons. The van der Waals surface area contributed by atoms with Gasteiger partial charge in [-0.05, 0) is 49.2 Å². The molecular weight excluding hydrogens is 478 g/mol. The molecule has 2 aliphatic rings. The van der Waals surface area contributed by atoms with Gasteiger partial charge in [0, 0.05) is 50.0 Å². The normalized spacial score (nSPS) is 17.6. The molecule has 0 unspecified atom stereocenters. The first-order valence-corrected chi connectivity index (χ1v) is 13.2. The van der Waals surface area contributed by atoms with Gasteiger partial charge < -0.3 is 19.3 Å². The summed E-state index contributed by atoms with van der Waals surface area (Å²) in [5.41, 5.74) is 3.69.